The molecule has 0 aliphatic carbocycles. The van der Waals surface area contributed by atoms with Crippen LogP contribution in [0.15, 0.2) is 48.5 Å². The lowest BCUT2D eigenvalue weighted by Gasteiger charge is -2.37. The maximum Gasteiger partial charge on any atom is 0.145 e. The van der Waals surface area contributed by atoms with Crippen LogP contribution in [0.4, 0.5) is 15.9 Å². The molecule has 4 rings (SSSR count). The van der Waals surface area contributed by atoms with Crippen molar-refractivity contribution in [3.05, 3.63) is 59.9 Å². The smallest absolute Gasteiger partial charge is 0.145 e. The van der Waals surface area contributed by atoms with Crippen LogP contribution in [0.5, 0.6) is 5.75 Å². The van der Waals surface area contributed by atoms with Gasteiger partial charge in [0.25, 0.3) is 0 Å². The molecule has 1 aromatic heterocycles. The van der Waals surface area contributed by atoms with Crippen LogP contribution in [-0.2, 0) is 0 Å². The zero-order valence-corrected chi connectivity index (χ0v) is 15.1. The zero-order valence-electron chi connectivity index (χ0n) is 15.1. The third-order valence-corrected chi connectivity index (χ3v) is 5.01. The largest absolute Gasteiger partial charge is 0.494 e. The molecule has 0 spiro atoms. The minimum Gasteiger partial charge on any atom is -0.494 e. The summed E-state index contributed by atoms with van der Waals surface area (Å²) in [5.41, 5.74) is 3.17. The predicted octanol–water partition coefficient (Wildman–Crippen LogP) is 4.02. The summed E-state index contributed by atoms with van der Waals surface area (Å²) < 4.78 is 18.6. The van der Waals surface area contributed by atoms with Crippen molar-refractivity contribution >= 4 is 22.4 Å². The number of aryl methyl sites for hydroxylation is 1. The summed E-state index contributed by atoms with van der Waals surface area (Å²) in [7, 11) is 1.68. The molecule has 3 aromatic rings. The number of rotatable bonds is 3. The highest BCUT2D eigenvalue weighted by atomic mass is 19.1. The number of hydrogen-bond acceptors (Lipinski definition) is 4. The van der Waals surface area contributed by atoms with Gasteiger partial charge in [0.15, 0.2) is 0 Å². The van der Waals surface area contributed by atoms with E-state index in [1.165, 1.54) is 17.7 Å². The molecule has 2 aromatic carbocycles. The van der Waals surface area contributed by atoms with Crippen LogP contribution in [0.3, 0.4) is 0 Å². The lowest BCUT2D eigenvalue weighted by atomic mass is 10.1. The Bertz CT molecular complexity index is 918. The van der Waals surface area contributed by atoms with Gasteiger partial charge in [-0.25, -0.2) is 9.37 Å². The average Bonchev–Trinajstić information content (AvgIpc) is 2.68. The molecule has 0 unspecified atom stereocenters. The van der Waals surface area contributed by atoms with E-state index >= 15 is 0 Å². The Morgan fingerprint density at radius 3 is 2.35 bits per heavy atom. The molecule has 26 heavy (non-hydrogen) atoms. The molecule has 0 saturated carbocycles. The highest BCUT2D eigenvalue weighted by Gasteiger charge is 2.19. The standard InChI is InChI=1S/C21H22FN3O/c1-15-14-20(23-21-18(15)4-3-5-19(21)26-2)25-12-10-24(11-13-25)17-8-6-16(22)7-9-17/h3-9,14H,10-13H2,1-2H3. The number of aromatic nitrogens is 1. The van der Waals surface area contributed by atoms with E-state index in [0.29, 0.717) is 0 Å². The van der Waals surface area contributed by atoms with Gasteiger partial charge in [0.1, 0.15) is 22.9 Å². The quantitative estimate of drug-likeness (QED) is 0.713. The van der Waals surface area contributed by atoms with E-state index < -0.39 is 0 Å². The highest BCUT2D eigenvalue weighted by Crippen LogP contribution is 2.29. The molecule has 1 aliphatic rings. The fraction of sp³-hybridized carbons (Fsp3) is 0.286. The first-order valence-electron chi connectivity index (χ1n) is 8.85. The van der Waals surface area contributed by atoms with Gasteiger partial charge in [-0.2, -0.15) is 0 Å². The van der Waals surface area contributed by atoms with Gasteiger partial charge in [-0.3, -0.25) is 0 Å². The third-order valence-electron chi connectivity index (χ3n) is 5.01. The first-order valence-corrected chi connectivity index (χ1v) is 8.85. The summed E-state index contributed by atoms with van der Waals surface area (Å²) in [6, 6.07) is 14.9. The van der Waals surface area contributed by atoms with E-state index in [-0.39, 0.29) is 5.82 Å². The zero-order chi connectivity index (χ0) is 18.1. The molecule has 0 radical (unpaired) electrons. The molecule has 1 fully saturated rings. The van der Waals surface area contributed by atoms with Crippen LogP contribution < -0.4 is 14.5 Å². The lowest BCUT2D eigenvalue weighted by molar-refractivity contribution is 0.419. The van der Waals surface area contributed by atoms with E-state index in [2.05, 4.69) is 28.9 Å². The summed E-state index contributed by atoms with van der Waals surface area (Å²) in [6.07, 6.45) is 0. The molecule has 0 atom stereocenters. The number of nitrogens with zero attached hydrogens (tertiary/aromatic N) is 3. The predicted molar refractivity (Wildman–Crippen MR) is 104 cm³/mol. The summed E-state index contributed by atoms with van der Waals surface area (Å²) in [6.45, 7) is 5.64. The molecule has 0 N–H and O–H groups in total. The number of benzene rings is 2. The van der Waals surface area contributed by atoms with Gasteiger partial charge < -0.3 is 14.5 Å². The van der Waals surface area contributed by atoms with Gasteiger partial charge in [-0.15, -0.1) is 0 Å². The van der Waals surface area contributed by atoms with Crippen LogP contribution in [0.1, 0.15) is 5.56 Å². The van der Waals surface area contributed by atoms with Gasteiger partial charge in [0.2, 0.25) is 0 Å². The van der Waals surface area contributed by atoms with Gasteiger partial charge in [0.05, 0.1) is 7.11 Å². The first kappa shape index (κ1) is 16.6. The maximum absolute atomic E-state index is 13.1. The van der Waals surface area contributed by atoms with E-state index in [1.807, 2.05) is 24.3 Å². The number of methoxy groups -OCH3 is 1. The van der Waals surface area contributed by atoms with Gasteiger partial charge in [-0.05, 0) is 48.9 Å². The Kier molecular flexibility index (Phi) is 4.37. The van der Waals surface area contributed by atoms with Crippen molar-refractivity contribution in [2.75, 3.05) is 43.1 Å². The summed E-state index contributed by atoms with van der Waals surface area (Å²) in [5, 5.41) is 1.12. The monoisotopic (exact) mass is 351 g/mol. The molecular weight excluding hydrogens is 329 g/mol. The second-order valence-electron chi connectivity index (χ2n) is 6.60. The van der Waals surface area contributed by atoms with Crippen LogP contribution in [0.25, 0.3) is 10.9 Å². The van der Waals surface area contributed by atoms with Crippen molar-refractivity contribution < 1.29 is 9.13 Å². The van der Waals surface area contributed by atoms with Gasteiger partial charge in [-0.1, -0.05) is 12.1 Å². The Morgan fingerprint density at radius 1 is 0.962 bits per heavy atom. The third kappa shape index (κ3) is 3.05. The van der Waals surface area contributed by atoms with Crippen molar-refractivity contribution in [2.24, 2.45) is 0 Å². The molecule has 134 valence electrons. The van der Waals surface area contributed by atoms with E-state index in [0.717, 1.165) is 54.3 Å². The van der Waals surface area contributed by atoms with Crippen molar-refractivity contribution in [2.45, 2.75) is 6.92 Å². The van der Waals surface area contributed by atoms with Crippen LogP contribution in [0.2, 0.25) is 0 Å². The molecule has 2 heterocycles. The first-order chi connectivity index (χ1) is 12.7. The SMILES string of the molecule is COc1cccc2c(C)cc(N3CCN(c4ccc(F)cc4)CC3)nc12. The molecule has 0 bridgehead atoms. The maximum atomic E-state index is 13.1. The Morgan fingerprint density at radius 2 is 1.65 bits per heavy atom. The fourth-order valence-corrected chi connectivity index (χ4v) is 3.55. The van der Waals surface area contributed by atoms with Crippen molar-refractivity contribution in [3.63, 3.8) is 0 Å². The van der Waals surface area contributed by atoms with E-state index in [4.69, 9.17) is 9.72 Å². The number of anilines is 2. The Hall–Kier alpha value is -2.82. The Balaban J connectivity index is 1.56. The fourth-order valence-electron chi connectivity index (χ4n) is 3.55. The summed E-state index contributed by atoms with van der Waals surface area (Å²) >= 11 is 0. The normalized spacial score (nSPS) is 14.7. The van der Waals surface area contributed by atoms with Crippen molar-refractivity contribution in [1.29, 1.82) is 0 Å². The summed E-state index contributed by atoms with van der Waals surface area (Å²) in [5.74, 6) is 1.59. The number of pyridine rings is 1. The van der Waals surface area contributed by atoms with Crippen LogP contribution in [0, 0.1) is 12.7 Å². The number of halogens is 1. The number of piperazine rings is 1. The van der Waals surface area contributed by atoms with E-state index in [1.54, 1.807) is 7.11 Å². The molecule has 1 aliphatic heterocycles. The lowest BCUT2D eigenvalue weighted by Crippen LogP contribution is -2.46. The van der Waals surface area contributed by atoms with Gasteiger partial charge >= 0.3 is 0 Å². The van der Waals surface area contributed by atoms with Crippen LogP contribution in [-0.4, -0.2) is 38.3 Å². The van der Waals surface area contributed by atoms with Crippen molar-refractivity contribution in [1.82, 2.24) is 4.98 Å². The minimum absolute atomic E-state index is 0.197. The number of ether oxygens (including phenoxy) is 1. The summed E-state index contributed by atoms with van der Waals surface area (Å²) in [4.78, 5) is 9.46. The second kappa shape index (κ2) is 6.83. The Labute approximate surface area is 152 Å². The van der Waals surface area contributed by atoms with E-state index in [9.17, 15) is 4.39 Å². The topological polar surface area (TPSA) is 28.6 Å². The molecular formula is C21H22FN3O. The molecule has 0 amide bonds. The highest BCUT2D eigenvalue weighted by molar-refractivity contribution is 5.88. The molecule has 1 saturated heterocycles. The number of para-hydroxylation sites is 1. The second-order valence-corrected chi connectivity index (χ2v) is 6.60. The van der Waals surface area contributed by atoms with Crippen LogP contribution >= 0.6 is 0 Å². The number of fused-ring (bicyclic) bond motifs is 1. The van der Waals surface area contributed by atoms with Gasteiger partial charge in [0, 0.05) is 37.3 Å². The minimum atomic E-state index is -0.197. The number of hydrogen-bond donors (Lipinski definition) is 0. The molecule has 5 heteroatoms. The molecule has 4 nitrogen and oxygen atoms in total. The van der Waals surface area contributed by atoms with Crippen molar-refractivity contribution in [3.8, 4) is 5.75 Å². The average molecular weight is 351 g/mol.